The molecule has 0 bridgehead atoms. The summed E-state index contributed by atoms with van der Waals surface area (Å²) in [6.45, 7) is 16.8. The molecular formula is C35H56N2O3. The number of hydrogen-bond acceptors (Lipinski definition) is 4. The van der Waals surface area contributed by atoms with Gasteiger partial charge in [-0.1, -0.05) is 40.0 Å². The van der Waals surface area contributed by atoms with Gasteiger partial charge in [-0.05, 0) is 129 Å². The number of aliphatic hydroxyl groups is 2. The molecule has 1 heterocycles. The SMILES string of the molecule is C=C/C=C(\C=C)N1CCC(NC(=O)CC[C@@H](C)C2CCC3C4CCC5C[C@H](O)CCC5(C)C4C[C@H](O)C32C)CC1. The maximum absolute atomic E-state index is 13.0. The molecule has 5 fully saturated rings. The third-order valence-corrected chi connectivity index (χ3v) is 13.1. The van der Waals surface area contributed by atoms with Crippen LogP contribution in [-0.4, -0.2) is 52.4 Å². The molecule has 40 heavy (non-hydrogen) atoms. The molecule has 1 saturated heterocycles. The molecule has 0 spiro atoms. The first kappa shape index (κ1) is 29.9. The second kappa shape index (κ2) is 12.0. The van der Waals surface area contributed by atoms with Crippen LogP contribution in [0.15, 0.2) is 37.1 Å². The molecule has 5 aliphatic rings. The smallest absolute Gasteiger partial charge is 0.220 e. The number of nitrogens with zero attached hydrogens (tertiary/aromatic N) is 1. The Labute approximate surface area is 243 Å². The summed E-state index contributed by atoms with van der Waals surface area (Å²) in [5, 5.41) is 25.5. The molecule has 0 aromatic rings. The Hall–Kier alpha value is -1.59. The van der Waals surface area contributed by atoms with E-state index in [0.29, 0.717) is 41.9 Å². The van der Waals surface area contributed by atoms with Crippen LogP contribution in [0.25, 0.3) is 0 Å². The van der Waals surface area contributed by atoms with Gasteiger partial charge in [-0.25, -0.2) is 0 Å². The summed E-state index contributed by atoms with van der Waals surface area (Å²) in [6, 6.07) is 0.247. The van der Waals surface area contributed by atoms with Crippen molar-refractivity contribution in [2.45, 2.75) is 116 Å². The topological polar surface area (TPSA) is 72.8 Å². The molecule has 1 amide bonds. The number of allylic oxidation sites excluding steroid dienone is 3. The number of hydrogen-bond donors (Lipinski definition) is 3. The highest BCUT2D eigenvalue weighted by atomic mass is 16.3. The molecule has 1 aliphatic heterocycles. The quantitative estimate of drug-likeness (QED) is 0.312. The zero-order valence-corrected chi connectivity index (χ0v) is 25.5. The number of rotatable bonds is 8. The van der Waals surface area contributed by atoms with E-state index in [1.807, 2.05) is 12.2 Å². The minimum Gasteiger partial charge on any atom is -0.393 e. The van der Waals surface area contributed by atoms with Gasteiger partial charge in [0.15, 0.2) is 0 Å². The number of nitrogens with one attached hydrogen (secondary N) is 1. The van der Waals surface area contributed by atoms with Gasteiger partial charge in [-0.15, -0.1) is 0 Å². The lowest BCUT2D eigenvalue weighted by Gasteiger charge is -2.62. The summed E-state index contributed by atoms with van der Waals surface area (Å²) in [5.41, 5.74) is 1.34. The monoisotopic (exact) mass is 552 g/mol. The zero-order valence-electron chi connectivity index (χ0n) is 25.5. The van der Waals surface area contributed by atoms with Crippen LogP contribution in [0.2, 0.25) is 0 Å². The van der Waals surface area contributed by atoms with E-state index >= 15 is 0 Å². The van der Waals surface area contributed by atoms with Gasteiger partial charge in [-0.2, -0.15) is 0 Å². The molecular weight excluding hydrogens is 496 g/mol. The van der Waals surface area contributed by atoms with Crippen LogP contribution in [0.3, 0.4) is 0 Å². The van der Waals surface area contributed by atoms with Crippen molar-refractivity contribution in [1.82, 2.24) is 10.2 Å². The van der Waals surface area contributed by atoms with Crippen LogP contribution in [0.4, 0.5) is 0 Å². The Morgan fingerprint density at radius 3 is 2.48 bits per heavy atom. The van der Waals surface area contributed by atoms with Crippen LogP contribution in [0.5, 0.6) is 0 Å². The van der Waals surface area contributed by atoms with Crippen molar-refractivity contribution in [3.05, 3.63) is 37.1 Å². The minimum absolute atomic E-state index is 0.0386. The van der Waals surface area contributed by atoms with Crippen LogP contribution in [0.1, 0.15) is 97.8 Å². The summed E-state index contributed by atoms with van der Waals surface area (Å²) in [4.78, 5) is 15.3. The number of piperidine rings is 1. The summed E-state index contributed by atoms with van der Waals surface area (Å²) >= 11 is 0. The lowest BCUT2D eigenvalue weighted by molar-refractivity contribution is -0.175. The van der Waals surface area contributed by atoms with E-state index in [0.717, 1.165) is 63.7 Å². The van der Waals surface area contributed by atoms with Crippen molar-refractivity contribution in [3.8, 4) is 0 Å². The van der Waals surface area contributed by atoms with E-state index in [2.05, 4.69) is 44.1 Å². The second-order valence-electron chi connectivity index (χ2n) is 14.8. The van der Waals surface area contributed by atoms with Gasteiger partial charge in [-0.3, -0.25) is 4.79 Å². The number of amides is 1. The van der Waals surface area contributed by atoms with Gasteiger partial charge < -0.3 is 20.4 Å². The van der Waals surface area contributed by atoms with Crippen LogP contribution >= 0.6 is 0 Å². The summed E-state index contributed by atoms with van der Waals surface area (Å²) in [5.74, 6) is 3.61. The first-order valence-corrected chi connectivity index (χ1v) is 16.5. The largest absolute Gasteiger partial charge is 0.393 e. The molecule has 5 nitrogen and oxygen atoms in total. The lowest BCUT2D eigenvalue weighted by atomic mass is 9.43. The van der Waals surface area contributed by atoms with E-state index in [1.54, 1.807) is 6.08 Å². The van der Waals surface area contributed by atoms with E-state index < -0.39 is 0 Å². The molecule has 4 aliphatic carbocycles. The average Bonchev–Trinajstić information content (AvgIpc) is 3.30. The summed E-state index contributed by atoms with van der Waals surface area (Å²) in [7, 11) is 0. The van der Waals surface area contributed by atoms with Gasteiger partial charge in [0.25, 0.3) is 0 Å². The number of carbonyl (C=O) groups excluding carboxylic acids is 1. The van der Waals surface area contributed by atoms with Crippen LogP contribution < -0.4 is 5.32 Å². The van der Waals surface area contributed by atoms with E-state index in [4.69, 9.17) is 0 Å². The van der Waals surface area contributed by atoms with Crippen molar-refractivity contribution in [1.29, 1.82) is 0 Å². The van der Waals surface area contributed by atoms with Crippen molar-refractivity contribution in [3.63, 3.8) is 0 Å². The van der Waals surface area contributed by atoms with Crippen molar-refractivity contribution in [2.24, 2.45) is 46.3 Å². The van der Waals surface area contributed by atoms with Crippen molar-refractivity contribution in [2.75, 3.05) is 13.1 Å². The molecule has 0 aromatic carbocycles. The number of likely N-dealkylation sites (tertiary alicyclic amines) is 1. The van der Waals surface area contributed by atoms with Crippen LogP contribution in [-0.2, 0) is 4.79 Å². The van der Waals surface area contributed by atoms with E-state index in [-0.39, 0.29) is 35.0 Å². The third-order valence-electron chi connectivity index (χ3n) is 13.1. The zero-order chi connectivity index (χ0) is 28.7. The molecule has 7 unspecified atom stereocenters. The Kier molecular flexibility index (Phi) is 8.93. The molecule has 0 aromatic heterocycles. The number of aliphatic hydroxyl groups excluding tert-OH is 2. The fourth-order valence-electron chi connectivity index (χ4n) is 10.7. The van der Waals surface area contributed by atoms with Gasteiger partial charge in [0, 0.05) is 31.2 Å². The number of carbonyl (C=O) groups is 1. The van der Waals surface area contributed by atoms with Crippen molar-refractivity contribution >= 4 is 5.91 Å². The molecule has 3 N–H and O–H groups in total. The van der Waals surface area contributed by atoms with Gasteiger partial charge in [0.1, 0.15) is 0 Å². The third kappa shape index (κ3) is 5.35. The normalized spacial score (nSPS) is 42.8. The van der Waals surface area contributed by atoms with Gasteiger partial charge in [0.05, 0.1) is 12.2 Å². The average molecular weight is 553 g/mol. The first-order chi connectivity index (χ1) is 19.1. The molecule has 224 valence electrons. The Morgan fingerprint density at radius 1 is 1.02 bits per heavy atom. The molecule has 0 radical (unpaired) electrons. The molecule has 5 rings (SSSR count). The fourth-order valence-corrected chi connectivity index (χ4v) is 10.7. The summed E-state index contributed by atoms with van der Waals surface area (Å²) < 4.78 is 0. The van der Waals surface area contributed by atoms with E-state index in [1.165, 1.54) is 25.7 Å². The Balaban J connectivity index is 1.15. The van der Waals surface area contributed by atoms with Crippen molar-refractivity contribution < 1.29 is 15.0 Å². The highest BCUT2D eigenvalue weighted by Gasteiger charge is 2.63. The first-order valence-electron chi connectivity index (χ1n) is 16.5. The highest BCUT2D eigenvalue weighted by Crippen LogP contribution is 2.68. The summed E-state index contributed by atoms with van der Waals surface area (Å²) in [6.07, 6.45) is 17.6. The molecule has 5 heteroatoms. The lowest BCUT2D eigenvalue weighted by Crippen LogP contribution is -2.58. The molecule has 10 atom stereocenters. The predicted molar refractivity (Wildman–Crippen MR) is 162 cm³/mol. The maximum Gasteiger partial charge on any atom is 0.220 e. The minimum atomic E-state index is -0.259. The Bertz CT molecular complexity index is 970. The van der Waals surface area contributed by atoms with Crippen LogP contribution in [0, 0.1) is 46.3 Å². The standard InChI is InChI=1S/C35H56N2O3/c1-6-8-26(7-2)37-19-16-25(17-20-37)36-33(40)14-9-23(3)29-12-13-30-28-11-10-24-21-27(38)15-18-34(24,4)31(28)22-32(39)35(29,30)5/h6-8,23-25,27-32,38-39H,1-2,9-22H2,3-5H3,(H,36,40)/b26-8+/t23-,24?,27-,28?,29?,30?,31?,32+,34?,35?/m1/s1. The molecule has 4 saturated carbocycles. The Morgan fingerprint density at radius 2 is 1.77 bits per heavy atom. The van der Waals surface area contributed by atoms with Gasteiger partial charge in [0.2, 0.25) is 5.91 Å². The maximum atomic E-state index is 13.0. The predicted octanol–water partition coefficient (Wildman–Crippen LogP) is 6.23. The van der Waals surface area contributed by atoms with E-state index in [9.17, 15) is 15.0 Å². The second-order valence-corrected chi connectivity index (χ2v) is 14.8. The number of fused-ring (bicyclic) bond motifs is 5. The van der Waals surface area contributed by atoms with Gasteiger partial charge >= 0.3 is 0 Å². The fraction of sp³-hybridized carbons (Fsp3) is 0.800. The highest BCUT2D eigenvalue weighted by molar-refractivity contribution is 5.76.